The van der Waals surface area contributed by atoms with Crippen LogP contribution in [0, 0.1) is 0 Å². The van der Waals surface area contributed by atoms with Crippen molar-refractivity contribution >= 4 is 11.6 Å². The lowest BCUT2D eigenvalue weighted by Crippen LogP contribution is -2.08. The normalized spacial score (nSPS) is 12.4. The van der Waals surface area contributed by atoms with Gasteiger partial charge in [0.2, 0.25) is 0 Å². The number of benzene rings is 1. The molecule has 0 saturated heterocycles. The molecule has 1 atom stereocenters. The number of ether oxygens (including phenoxy) is 1. The molecule has 0 aliphatic rings. The predicted octanol–water partition coefficient (Wildman–Crippen LogP) is 3.72. The molecule has 4 nitrogen and oxygen atoms in total. The van der Waals surface area contributed by atoms with Crippen molar-refractivity contribution in [3.63, 3.8) is 0 Å². The Kier molecular flexibility index (Phi) is 5.26. The topological polar surface area (TPSA) is 53.1 Å². The van der Waals surface area contributed by atoms with Gasteiger partial charge in [-0.3, -0.25) is 4.68 Å². The Morgan fingerprint density at radius 3 is 2.76 bits per heavy atom. The molecule has 1 heterocycles. The standard InChI is InChI=1S/C16H22ClN3O/c1-4-14-16(17)15(20(5-2)19-14)10-21-13-8-6-7-12(9-13)11(3)18/h6-9,11H,4-5,10,18H2,1-3H3/t11-/m1/s1. The van der Waals surface area contributed by atoms with Crippen LogP contribution in [0.5, 0.6) is 5.75 Å². The zero-order chi connectivity index (χ0) is 15.4. The molecular formula is C16H22ClN3O. The lowest BCUT2D eigenvalue weighted by Gasteiger charge is -2.11. The number of aryl methyl sites for hydroxylation is 2. The molecule has 0 unspecified atom stereocenters. The molecular weight excluding hydrogens is 286 g/mol. The second-order valence-electron chi connectivity index (χ2n) is 5.03. The summed E-state index contributed by atoms with van der Waals surface area (Å²) in [4.78, 5) is 0. The molecule has 1 aromatic carbocycles. The number of hydrogen-bond donors (Lipinski definition) is 1. The van der Waals surface area contributed by atoms with Crippen molar-refractivity contribution in [1.29, 1.82) is 0 Å². The minimum absolute atomic E-state index is 0.00926. The van der Waals surface area contributed by atoms with Crippen molar-refractivity contribution in [2.45, 2.75) is 46.4 Å². The van der Waals surface area contributed by atoms with E-state index in [1.165, 1.54) is 0 Å². The van der Waals surface area contributed by atoms with Crippen molar-refractivity contribution < 1.29 is 4.74 Å². The third-order valence-electron chi connectivity index (χ3n) is 3.45. The third-order valence-corrected chi connectivity index (χ3v) is 3.89. The van der Waals surface area contributed by atoms with E-state index < -0.39 is 0 Å². The molecule has 0 radical (unpaired) electrons. The highest BCUT2D eigenvalue weighted by atomic mass is 35.5. The number of rotatable bonds is 6. The van der Waals surface area contributed by atoms with Crippen molar-refractivity contribution in [2.75, 3.05) is 0 Å². The van der Waals surface area contributed by atoms with E-state index in [2.05, 4.69) is 5.10 Å². The molecule has 0 spiro atoms. The molecule has 2 rings (SSSR count). The van der Waals surface area contributed by atoms with Gasteiger partial charge in [0.25, 0.3) is 0 Å². The van der Waals surface area contributed by atoms with Crippen LogP contribution >= 0.6 is 11.6 Å². The molecule has 0 bridgehead atoms. The Labute approximate surface area is 130 Å². The first kappa shape index (κ1) is 15.9. The van der Waals surface area contributed by atoms with E-state index in [0.29, 0.717) is 11.6 Å². The van der Waals surface area contributed by atoms with Crippen LogP contribution in [0.25, 0.3) is 0 Å². The zero-order valence-corrected chi connectivity index (χ0v) is 13.5. The quantitative estimate of drug-likeness (QED) is 0.885. The monoisotopic (exact) mass is 307 g/mol. The van der Waals surface area contributed by atoms with Crippen molar-refractivity contribution in [1.82, 2.24) is 9.78 Å². The van der Waals surface area contributed by atoms with Crippen LogP contribution < -0.4 is 10.5 Å². The number of nitrogens with zero attached hydrogens (tertiary/aromatic N) is 2. The van der Waals surface area contributed by atoms with Crippen LogP contribution in [0.3, 0.4) is 0 Å². The van der Waals surface area contributed by atoms with Gasteiger partial charge in [0.05, 0.1) is 16.4 Å². The summed E-state index contributed by atoms with van der Waals surface area (Å²) in [5.41, 5.74) is 8.78. The average molecular weight is 308 g/mol. The fraction of sp³-hybridized carbons (Fsp3) is 0.438. The summed E-state index contributed by atoms with van der Waals surface area (Å²) in [5.74, 6) is 0.794. The SMILES string of the molecule is CCc1nn(CC)c(COc2cccc([C@@H](C)N)c2)c1Cl. The maximum absolute atomic E-state index is 6.37. The molecule has 0 fully saturated rings. The zero-order valence-electron chi connectivity index (χ0n) is 12.8. The number of nitrogens with two attached hydrogens (primary N) is 1. The van der Waals surface area contributed by atoms with Gasteiger partial charge in [-0.2, -0.15) is 5.10 Å². The molecule has 0 aliphatic carbocycles. The maximum atomic E-state index is 6.37. The first-order chi connectivity index (χ1) is 10.1. The van der Waals surface area contributed by atoms with E-state index in [1.807, 2.05) is 49.7 Å². The molecule has 0 amide bonds. The molecule has 2 N–H and O–H groups in total. The Morgan fingerprint density at radius 1 is 1.38 bits per heavy atom. The third kappa shape index (κ3) is 3.57. The molecule has 0 aliphatic heterocycles. The van der Waals surface area contributed by atoms with Crippen molar-refractivity contribution in [2.24, 2.45) is 5.73 Å². The minimum atomic E-state index is -0.00926. The Balaban J connectivity index is 2.16. The highest BCUT2D eigenvalue weighted by Crippen LogP contribution is 2.24. The lowest BCUT2D eigenvalue weighted by atomic mass is 10.1. The summed E-state index contributed by atoms with van der Waals surface area (Å²) in [6.07, 6.45) is 0.818. The van der Waals surface area contributed by atoms with E-state index in [0.717, 1.165) is 35.7 Å². The van der Waals surface area contributed by atoms with Gasteiger partial charge < -0.3 is 10.5 Å². The van der Waals surface area contributed by atoms with E-state index >= 15 is 0 Å². The summed E-state index contributed by atoms with van der Waals surface area (Å²) >= 11 is 6.37. The van der Waals surface area contributed by atoms with E-state index in [-0.39, 0.29) is 6.04 Å². The van der Waals surface area contributed by atoms with E-state index in [1.54, 1.807) is 0 Å². The van der Waals surface area contributed by atoms with Crippen molar-refractivity contribution in [3.8, 4) is 5.75 Å². The number of aromatic nitrogens is 2. The molecule has 5 heteroatoms. The highest BCUT2D eigenvalue weighted by Gasteiger charge is 2.14. The van der Waals surface area contributed by atoms with Gasteiger partial charge in [-0.05, 0) is 38.0 Å². The predicted molar refractivity (Wildman–Crippen MR) is 85.7 cm³/mol. The Hall–Kier alpha value is -1.52. The largest absolute Gasteiger partial charge is 0.487 e. The average Bonchev–Trinajstić information content (AvgIpc) is 2.81. The summed E-state index contributed by atoms with van der Waals surface area (Å²) in [5, 5.41) is 5.20. The maximum Gasteiger partial charge on any atom is 0.131 e. The van der Waals surface area contributed by atoms with Gasteiger partial charge in [0.1, 0.15) is 12.4 Å². The second-order valence-corrected chi connectivity index (χ2v) is 5.40. The molecule has 1 aromatic heterocycles. The van der Waals surface area contributed by atoms with Crippen LogP contribution in [0.1, 0.15) is 43.8 Å². The van der Waals surface area contributed by atoms with Gasteiger partial charge in [0, 0.05) is 12.6 Å². The first-order valence-corrected chi connectivity index (χ1v) is 7.67. The summed E-state index contributed by atoms with van der Waals surface area (Å²) in [6.45, 7) is 7.23. The van der Waals surface area contributed by atoms with E-state index in [9.17, 15) is 0 Å². The van der Waals surface area contributed by atoms with Gasteiger partial charge in [-0.25, -0.2) is 0 Å². The molecule has 114 valence electrons. The first-order valence-electron chi connectivity index (χ1n) is 7.29. The second kappa shape index (κ2) is 6.96. The minimum Gasteiger partial charge on any atom is -0.487 e. The van der Waals surface area contributed by atoms with Crippen LogP contribution in [0.15, 0.2) is 24.3 Å². The Morgan fingerprint density at radius 2 is 2.14 bits per heavy atom. The van der Waals surface area contributed by atoms with Gasteiger partial charge in [-0.15, -0.1) is 0 Å². The van der Waals surface area contributed by atoms with Crippen LogP contribution in [0.2, 0.25) is 5.02 Å². The molecule has 21 heavy (non-hydrogen) atoms. The molecule has 2 aromatic rings. The van der Waals surface area contributed by atoms with Crippen molar-refractivity contribution in [3.05, 3.63) is 46.2 Å². The fourth-order valence-corrected chi connectivity index (χ4v) is 2.52. The van der Waals surface area contributed by atoms with Gasteiger partial charge in [0.15, 0.2) is 0 Å². The smallest absolute Gasteiger partial charge is 0.131 e. The van der Waals surface area contributed by atoms with Crippen LogP contribution in [0.4, 0.5) is 0 Å². The van der Waals surface area contributed by atoms with Crippen LogP contribution in [-0.2, 0) is 19.6 Å². The van der Waals surface area contributed by atoms with E-state index in [4.69, 9.17) is 22.1 Å². The highest BCUT2D eigenvalue weighted by molar-refractivity contribution is 6.31. The fourth-order valence-electron chi connectivity index (χ4n) is 2.19. The summed E-state index contributed by atoms with van der Waals surface area (Å²) in [7, 11) is 0. The van der Waals surface area contributed by atoms with Gasteiger partial charge in [-0.1, -0.05) is 30.7 Å². The molecule has 0 saturated carbocycles. The van der Waals surface area contributed by atoms with Gasteiger partial charge >= 0.3 is 0 Å². The Bertz CT molecular complexity index is 608. The number of hydrogen-bond acceptors (Lipinski definition) is 3. The lowest BCUT2D eigenvalue weighted by molar-refractivity contribution is 0.292. The summed E-state index contributed by atoms with van der Waals surface area (Å²) in [6, 6.07) is 7.82. The summed E-state index contributed by atoms with van der Waals surface area (Å²) < 4.78 is 7.76. The van der Waals surface area contributed by atoms with Crippen LogP contribution in [-0.4, -0.2) is 9.78 Å². The number of halogens is 1.